The van der Waals surface area contributed by atoms with Gasteiger partial charge in [-0.25, -0.2) is 4.79 Å². The molecule has 0 unspecified atom stereocenters. The largest absolute Gasteiger partial charge is 0.435 e. The fourth-order valence-electron chi connectivity index (χ4n) is 2.27. The van der Waals surface area contributed by atoms with E-state index in [0.717, 1.165) is 18.4 Å². The molecule has 1 aromatic carbocycles. The van der Waals surface area contributed by atoms with Crippen LogP contribution in [-0.4, -0.2) is 22.8 Å². The molecule has 25 heavy (non-hydrogen) atoms. The van der Waals surface area contributed by atoms with Gasteiger partial charge < -0.3 is 19.9 Å². The Hall–Kier alpha value is -2.71. The SMILES string of the molecule is C[C@@H](NC(=O)NCc1nc(C2CC2)no1)c1ccc(OC(F)F)cc1. The summed E-state index contributed by atoms with van der Waals surface area (Å²) in [5, 5.41) is 9.25. The summed E-state index contributed by atoms with van der Waals surface area (Å²) in [7, 11) is 0. The second kappa shape index (κ2) is 7.45. The summed E-state index contributed by atoms with van der Waals surface area (Å²) in [6.07, 6.45) is 2.15. The standard InChI is InChI=1S/C16H18F2N4O3/c1-9(10-4-6-12(7-5-10)24-15(17)18)20-16(23)19-8-13-21-14(22-25-13)11-2-3-11/h4-7,9,11,15H,2-3,8H2,1H3,(H2,19,20,23)/t9-/m1/s1. The molecule has 1 fully saturated rings. The van der Waals surface area contributed by atoms with Gasteiger partial charge in [-0.3, -0.25) is 0 Å². The lowest BCUT2D eigenvalue weighted by atomic mass is 10.1. The molecule has 9 heteroatoms. The van der Waals surface area contributed by atoms with E-state index in [1.54, 1.807) is 19.1 Å². The fraction of sp³-hybridized carbons (Fsp3) is 0.438. The maximum Gasteiger partial charge on any atom is 0.387 e. The van der Waals surface area contributed by atoms with Gasteiger partial charge >= 0.3 is 12.6 Å². The van der Waals surface area contributed by atoms with Crippen LogP contribution in [0, 0.1) is 0 Å². The number of aromatic nitrogens is 2. The predicted octanol–water partition coefficient (Wildman–Crippen LogP) is 3.11. The molecule has 1 saturated carbocycles. The number of halogens is 2. The van der Waals surface area contributed by atoms with Gasteiger partial charge in [-0.1, -0.05) is 17.3 Å². The van der Waals surface area contributed by atoms with Crippen LogP contribution in [0.4, 0.5) is 13.6 Å². The molecule has 1 aromatic heterocycles. The van der Waals surface area contributed by atoms with E-state index < -0.39 is 12.6 Å². The third kappa shape index (κ3) is 4.88. The molecule has 134 valence electrons. The number of rotatable bonds is 7. The van der Waals surface area contributed by atoms with Crippen molar-refractivity contribution in [3.05, 3.63) is 41.5 Å². The molecule has 3 rings (SSSR count). The van der Waals surface area contributed by atoms with Gasteiger partial charge in [-0.2, -0.15) is 13.8 Å². The van der Waals surface area contributed by atoms with E-state index in [4.69, 9.17) is 4.52 Å². The Balaban J connectivity index is 1.46. The van der Waals surface area contributed by atoms with Gasteiger partial charge in [0.2, 0.25) is 5.89 Å². The first-order valence-electron chi connectivity index (χ1n) is 7.93. The maximum atomic E-state index is 12.1. The van der Waals surface area contributed by atoms with Crippen molar-refractivity contribution in [2.75, 3.05) is 0 Å². The molecule has 0 spiro atoms. The van der Waals surface area contributed by atoms with E-state index in [1.807, 2.05) is 0 Å². The molecular formula is C16H18F2N4O3. The van der Waals surface area contributed by atoms with E-state index in [2.05, 4.69) is 25.5 Å². The lowest BCUT2D eigenvalue weighted by Crippen LogP contribution is -2.36. The summed E-state index contributed by atoms with van der Waals surface area (Å²) >= 11 is 0. The molecule has 1 atom stereocenters. The summed E-state index contributed by atoms with van der Waals surface area (Å²) in [5.74, 6) is 1.51. The Bertz CT molecular complexity index is 716. The van der Waals surface area contributed by atoms with Crippen LogP contribution in [0.5, 0.6) is 5.75 Å². The van der Waals surface area contributed by atoms with Crippen molar-refractivity contribution in [3.8, 4) is 5.75 Å². The molecule has 0 radical (unpaired) electrons. The van der Waals surface area contributed by atoms with Crippen LogP contribution >= 0.6 is 0 Å². The highest BCUT2D eigenvalue weighted by Crippen LogP contribution is 2.38. The van der Waals surface area contributed by atoms with Crippen molar-refractivity contribution in [2.24, 2.45) is 0 Å². The highest BCUT2D eigenvalue weighted by atomic mass is 19.3. The molecule has 0 bridgehead atoms. The number of ether oxygens (including phenoxy) is 1. The van der Waals surface area contributed by atoms with Crippen molar-refractivity contribution >= 4 is 6.03 Å². The minimum Gasteiger partial charge on any atom is -0.435 e. The average Bonchev–Trinajstić information content (AvgIpc) is 3.31. The Labute approximate surface area is 142 Å². The molecule has 0 saturated heterocycles. The first-order chi connectivity index (χ1) is 12.0. The molecule has 2 amide bonds. The molecule has 0 aliphatic heterocycles. The highest BCUT2D eigenvalue weighted by molar-refractivity contribution is 5.74. The molecule has 1 aliphatic rings. The van der Waals surface area contributed by atoms with E-state index >= 15 is 0 Å². The van der Waals surface area contributed by atoms with Gasteiger partial charge in [-0.05, 0) is 37.5 Å². The molecule has 2 aromatic rings. The van der Waals surface area contributed by atoms with Crippen molar-refractivity contribution in [1.29, 1.82) is 0 Å². The monoisotopic (exact) mass is 352 g/mol. The van der Waals surface area contributed by atoms with Crippen LogP contribution in [0.1, 0.15) is 49.0 Å². The van der Waals surface area contributed by atoms with Crippen molar-refractivity contribution in [3.63, 3.8) is 0 Å². The van der Waals surface area contributed by atoms with Crippen LogP contribution in [-0.2, 0) is 6.54 Å². The van der Waals surface area contributed by atoms with Gasteiger partial charge in [0, 0.05) is 5.92 Å². The van der Waals surface area contributed by atoms with E-state index in [-0.39, 0.29) is 18.3 Å². The Morgan fingerprint density at radius 1 is 1.36 bits per heavy atom. The van der Waals surface area contributed by atoms with Gasteiger partial charge in [0.05, 0.1) is 12.6 Å². The topological polar surface area (TPSA) is 89.3 Å². The van der Waals surface area contributed by atoms with Crippen LogP contribution < -0.4 is 15.4 Å². The summed E-state index contributed by atoms with van der Waals surface area (Å²) < 4.78 is 33.6. The molecule has 7 nitrogen and oxygen atoms in total. The first kappa shape index (κ1) is 17.1. The maximum absolute atomic E-state index is 12.1. The minimum atomic E-state index is -2.86. The zero-order valence-corrected chi connectivity index (χ0v) is 13.5. The number of nitrogens with zero attached hydrogens (tertiary/aromatic N) is 2. The smallest absolute Gasteiger partial charge is 0.387 e. The number of nitrogens with one attached hydrogen (secondary N) is 2. The van der Waals surface area contributed by atoms with E-state index in [9.17, 15) is 13.6 Å². The zero-order chi connectivity index (χ0) is 17.8. The summed E-state index contributed by atoms with van der Waals surface area (Å²) in [6.45, 7) is -0.947. The van der Waals surface area contributed by atoms with Gasteiger partial charge in [0.15, 0.2) is 5.82 Å². The Morgan fingerprint density at radius 3 is 2.72 bits per heavy atom. The molecule has 1 aliphatic carbocycles. The van der Waals surface area contributed by atoms with E-state index in [0.29, 0.717) is 17.6 Å². The minimum absolute atomic E-state index is 0.0678. The third-order valence-electron chi connectivity index (χ3n) is 3.78. The number of alkyl halides is 2. The van der Waals surface area contributed by atoms with Gasteiger partial charge in [0.25, 0.3) is 0 Å². The van der Waals surface area contributed by atoms with Gasteiger partial charge in [0.1, 0.15) is 5.75 Å². The number of carbonyl (C=O) groups excluding carboxylic acids is 1. The normalized spacial score (nSPS) is 15.0. The van der Waals surface area contributed by atoms with Crippen LogP contribution in [0.15, 0.2) is 28.8 Å². The predicted molar refractivity (Wildman–Crippen MR) is 83.1 cm³/mol. The Kier molecular flexibility index (Phi) is 5.11. The lowest BCUT2D eigenvalue weighted by Gasteiger charge is -2.15. The number of hydrogen-bond donors (Lipinski definition) is 2. The quantitative estimate of drug-likeness (QED) is 0.799. The van der Waals surface area contributed by atoms with Crippen LogP contribution in [0.3, 0.4) is 0 Å². The summed E-state index contributed by atoms with van der Waals surface area (Å²) in [6, 6.07) is 5.37. The number of urea groups is 1. The van der Waals surface area contributed by atoms with Crippen molar-refractivity contribution in [2.45, 2.75) is 44.9 Å². The van der Waals surface area contributed by atoms with Crippen LogP contribution in [0.25, 0.3) is 0 Å². The fourth-order valence-corrected chi connectivity index (χ4v) is 2.27. The average molecular weight is 352 g/mol. The first-order valence-corrected chi connectivity index (χ1v) is 7.93. The van der Waals surface area contributed by atoms with E-state index in [1.165, 1.54) is 12.1 Å². The number of carbonyl (C=O) groups is 1. The third-order valence-corrected chi connectivity index (χ3v) is 3.78. The van der Waals surface area contributed by atoms with Crippen LogP contribution in [0.2, 0.25) is 0 Å². The zero-order valence-electron chi connectivity index (χ0n) is 13.5. The Morgan fingerprint density at radius 2 is 2.08 bits per heavy atom. The second-order valence-electron chi connectivity index (χ2n) is 5.82. The van der Waals surface area contributed by atoms with Crippen molar-refractivity contribution < 1.29 is 22.8 Å². The lowest BCUT2D eigenvalue weighted by molar-refractivity contribution is -0.0498. The molecular weight excluding hydrogens is 334 g/mol. The number of hydrogen-bond acceptors (Lipinski definition) is 5. The number of amides is 2. The van der Waals surface area contributed by atoms with Gasteiger partial charge in [-0.15, -0.1) is 0 Å². The molecule has 1 heterocycles. The summed E-state index contributed by atoms with van der Waals surface area (Å²) in [5.41, 5.74) is 0.755. The summed E-state index contributed by atoms with van der Waals surface area (Å²) in [4.78, 5) is 16.1. The molecule has 2 N–H and O–H groups in total. The highest BCUT2D eigenvalue weighted by Gasteiger charge is 2.28. The number of benzene rings is 1. The van der Waals surface area contributed by atoms with Crippen molar-refractivity contribution in [1.82, 2.24) is 20.8 Å². The second-order valence-corrected chi connectivity index (χ2v) is 5.82.